The minimum atomic E-state index is -0.752. The van der Waals surface area contributed by atoms with E-state index in [1.165, 1.54) is 14.0 Å². The van der Waals surface area contributed by atoms with Crippen LogP contribution >= 0.6 is 0 Å². The molecular weight excluding hydrogens is 360 g/mol. The van der Waals surface area contributed by atoms with Crippen LogP contribution < -0.4 is 0 Å². The minimum absolute atomic E-state index is 0.0994. The van der Waals surface area contributed by atoms with E-state index in [4.69, 9.17) is 4.74 Å². The molecule has 0 aromatic heterocycles. The van der Waals surface area contributed by atoms with Crippen molar-refractivity contribution in [3.8, 4) is 0 Å². The molecule has 0 aliphatic rings. The first-order valence-corrected chi connectivity index (χ1v) is 10.8. The quantitative estimate of drug-likeness (QED) is 0.269. The van der Waals surface area contributed by atoms with Crippen LogP contribution in [0.25, 0.3) is 0 Å². The summed E-state index contributed by atoms with van der Waals surface area (Å²) in [5.41, 5.74) is 0. The first-order valence-electron chi connectivity index (χ1n) is 10.8. The van der Waals surface area contributed by atoms with Gasteiger partial charge in [0.1, 0.15) is 6.10 Å². The molecule has 0 bridgehead atoms. The number of rotatable bonds is 17. The highest BCUT2D eigenvalue weighted by molar-refractivity contribution is 5.70. The first kappa shape index (κ1) is 26.4. The number of carbonyl (C=O) groups excluding carboxylic acids is 2. The van der Waals surface area contributed by atoms with Crippen LogP contribution in [0.5, 0.6) is 0 Å². The summed E-state index contributed by atoms with van der Waals surface area (Å²) < 4.78 is 10.0. The fourth-order valence-corrected chi connectivity index (χ4v) is 3.46. The SMILES string of the molecule is CCCCCC(CCCC(CCCCC(C)CC(=O)OC)C(=O)O)OC(C)=O. The molecule has 164 valence electrons. The number of carbonyl (C=O) groups is 3. The van der Waals surface area contributed by atoms with Gasteiger partial charge in [0.15, 0.2) is 0 Å². The molecule has 0 fully saturated rings. The summed E-state index contributed by atoms with van der Waals surface area (Å²) in [5.74, 6) is -1.32. The maximum absolute atomic E-state index is 11.5. The van der Waals surface area contributed by atoms with Crippen LogP contribution in [0.15, 0.2) is 0 Å². The van der Waals surface area contributed by atoms with Gasteiger partial charge in [0, 0.05) is 13.3 Å². The summed E-state index contributed by atoms with van der Waals surface area (Å²) >= 11 is 0. The number of hydrogen-bond donors (Lipinski definition) is 1. The Labute approximate surface area is 170 Å². The zero-order chi connectivity index (χ0) is 21.4. The molecule has 6 nitrogen and oxygen atoms in total. The molecular formula is C22H40O6. The van der Waals surface area contributed by atoms with Gasteiger partial charge in [-0.2, -0.15) is 0 Å². The first-order chi connectivity index (χ1) is 13.3. The van der Waals surface area contributed by atoms with E-state index < -0.39 is 5.97 Å². The highest BCUT2D eigenvalue weighted by atomic mass is 16.5. The number of carboxylic acids is 1. The second kappa shape index (κ2) is 16.4. The molecule has 0 aliphatic heterocycles. The lowest BCUT2D eigenvalue weighted by Gasteiger charge is -2.18. The number of carboxylic acid groups (broad SMARTS) is 1. The smallest absolute Gasteiger partial charge is 0.306 e. The Bertz CT molecular complexity index is 448. The van der Waals surface area contributed by atoms with E-state index in [0.717, 1.165) is 57.8 Å². The molecule has 0 heterocycles. The summed E-state index contributed by atoms with van der Waals surface area (Å²) in [6, 6.07) is 0. The number of methoxy groups -OCH3 is 1. The van der Waals surface area contributed by atoms with Gasteiger partial charge < -0.3 is 14.6 Å². The van der Waals surface area contributed by atoms with Crippen molar-refractivity contribution in [2.45, 2.75) is 104 Å². The Kier molecular flexibility index (Phi) is 15.4. The lowest BCUT2D eigenvalue weighted by atomic mass is 9.92. The lowest BCUT2D eigenvalue weighted by Crippen LogP contribution is -2.18. The van der Waals surface area contributed by atoms with Crippen molar-refractivity contribution in [1.29, 1.82) is 0 Å². The average molecular weight is 401 g/mol. The molecule has 0 radical (unpaired) electrons. The molecule has 0 aromatic rings. The van der Waals surface area contributed by atoms with E-state index in [2.05, 4.69) is 11.7 Å². The van der Waals surface area contributed by atoms with Crippen LogP contribution in [0.3, 0.4) is 0 Å². The average Bonchev–Trinajstić information content (AvgIpc) is 2.62. The van der Waals surface area contributed by atoms with Gasteiger partial charge in [0.2, 0.25) is 0 Å². The minimum Gasteiger partial charge on any atom is -0.481 e. The zero-order valence-electron chi connectivity index (χ0n) is 18.2. The third-order valence-electron chi connectivity index (χ3n) is 5.13. The van der Waals surface area contributed by atoms with Gasteiger partial charge in [0.05, 0.1) is 13.0 Å². The molecule has 6 heteroatoms. The van der Waals surface area contributed by atoms with Gasteiger partial charge in [-0.15, -0.1) is 0 Å². The summed E-state index contributed by atoms with van der Waals surface area (Å²) in [7, 11) is 1.39. The Morgan fingerprint density at radius 1 is 0.893 bits per heavy atom. The van der Waals surface area contributed by atoms with Crippen molar-refractivity contribution >= 4 is 17.9 Å². The van der Waals surface area contributed by atoms with Gasteiger partial charge in [0.25, 0.3) is 0 Å². The lowest BCUT2D eigenvalue weighted by molar-refractivity contribution is -0.148. The highest BCUT2D eigenvalue weighted by Gasteiger charge is 2.19. The monoisotopic (exact) mass is 400 g/mol. The van der Waals surface area contributed by atoms with Crippen molar-refractivity contribution in [1.82, 2.24) is 0 Å². The van der Waals surface area contributed by atoms with E-state index in [-0.39, 0.29) is 29.9 Å². The van der Waals surface area contributed by atoms with Gasteiger partial charge in [-0.3, -0.25) is 14.4 Å². The molecule has 0 amide bonds. The number of esters is 2. The fraction of sp³-hybridized carbons (Fsp3) is 0.864. The third-order valence-corrected chi connectivity index (χ3v) is 5.13. The largest absolute Gasteiger partial charge is 0.481 e. The Balaban J connectivity index is 4.19. The van der Waals surface area contributed by atoms with Gasteiger partial charge >= 0.3 is 17.9 Å². The summed E-state index contributed by atoms with van der Waals surface area (Å²) in [6.45, 7) is 5.57. The molecule has 1 N–H and O–H groups in total. The Morgan fingerprint density at radius 3 is 2.04 bits per heavy atom. The van der Waals surface area contributed by atoms with E-state index >= 15 is 0 Å². The predicted molar refractivity (Wildman–Crippen MR) is 109 cm³/mol. The van der Waals surface area contributed by atoms with Crippen LogP contribution in [0.1, 0.15) is 97.8 Å². The fourth-order valence-electron chi connectivity index (χ4n) is 3.46. The summed E-state index contributed by atoms with van der Waals surface area (Å²) in [5, 5.41) is 9.47. The number of aliphatic carboxylic acids is 1. The van der Waals surface area contributed by atoms with Crippen molar-refractivity contribution in [2.75, 3.05) is 7.11 Å². The maximum atomic E-state index is 11.5. The predicted octanol–water partition coefficient (Wildman–Crippen LogP) is 5.13. The van der Waals surface area contributed by atoms with E-state index in [1.807, 2.05) is 6.92 Å². The standard InChI is InChI=1S/C22H40O6/c1-5-6-7-14-20(28-18(3)23)15-10-13-19(22(25)26)12-9-8-11-17(2)16-21(24)27-4/h17,19-20H,5-16H2,1-4H3,(H,25,26). The molecule has 0 saturated carbocycles. The molecule has 0 saturated heterocycles. The van der Waals surface area contributed by atoms with E-state index in [1.54, 1.807) is 0 Å². The zero-order valence-corrected chi connectivity index (χ0v) is 18.2. The third kappa shape index (κ3) is 14.5. The molecule has 0 aromatic carbocycles. The number of hydrogen-bond acceptors (Lipinski definition) is 5. The molecule has 3 unspecified atom stereocenters. The molecule has 0 spiro atoms. The van der Waals surface area contributed by atoms with Crippen molar-refractivity contribution in [2.24, 2.45) is 11.8 Å². The summed E-state index contributed by atoms with van der Waals surface area (Å²) in [4.78, 5) is 34.0. The molecule has 3 atom stereocenters. The van der Waals surface area contributed by atoms with E-state index in [0.29, 0.717) is 19.3 Å². The van der Waals surface area contributed by atoms with Gasteiger partial charge in [-0.25, -0.2) is 0 Å². The van der Waals surface area contributed by atoms with Crippen molar-refractivity contribution in [3.63, 3.8) is 0 Å². The molecule has 0 aliphatic carbocycles. The van der Waals surface area contributed by atoms with Gasteiger partial charge in [-0.1, -0.05) is 46.0 Å². The van der Waals surface area contributed by atoms with Crippen LogP contribution in [0.4, 0.5) is 0 Å². The maximum Gasteiger partial charge on any atom is 0.306 e. The molecule has 0 rings (SSSR count). The topological polar surface area (TPSA) is 89.9 Å². The second-order valence-electron chi connectivity index (χ2n) is 7.86. The normalized spacial score (nSPS) is 14.1. The second-order valence-corrected chi connectivity index (χ2v) is 7.86. The van der Waals surface area contributed by atoms with Crippen LogP contribution in [-0.4, -0.2) is 36.2 Å². The van der Waals surface area contributed by atoms with Crippen LogP contribution in [0, 0.1) is 11.8 Å². The summed E-state index contributed by atoms with van der Waals surface area (Å²) in [6.07, 6.45) is 9.80. The Hall–Kier alpha value is -1.59. The highest BCUT2D eigenvalue weighted by Crippen LogP contribution is 2.22. The van der Waals surface area contributed by atoms with Gasteiger partial charge in [-0.05, 0) is 44.4 Å². The van der Waals surface area contributed by atoms with Crippen molar-refractivity contribution < 1.29 is 29.0 Å². The number of ether oxygens (including phenoxy) is 2. The van der Waals surface area contributed by atoms with E-state index in [9.17, 15) is 19.5 Å². The number of unbranched alkanes of at least 4 members (excludes halogenated alkanes) is 3. The van der Waals surface area contributed by atoms with Crippen LogP contribution in [-0.2, 0) is 23.9 Å². The Morgan fingerprint density at radius 2 is 1.46 bits per heavy atom. The van der Waals surface area contributed by atoms with Crippen LogP contribution in [0.2, 0.25) is 0 Å². The van der Waals surface area contributed by atoms with Crippen molar-refractivity contribution in [3.05, 3.63) is 0 Å². The molecule has 28 heavy (non-hydrogen) atoms.